The van der Waals surface area contributed by atoms with Crippen LogP contribution in [0.1, 0.15) is 15.4 Å². The highest BCUT2D eigenvalue weighted by molar-refractivity contribution is 7.09. The molecule has 0 aliphatic carbocycles. The largest absolute Gasteiger partial charge is 0.294 e. The summed E-state index contributed by atoms with van der Waals surface area (Å²) in [6.45, 7) is 0. The second kappa shape index (κ2) is 4.55. The van der Waals surface area contributed by atoms with Gasteiger partial charge < -0.3 is 0 Å². The number of ketones is 1. The lowest BCUT2D eigenvalue weighted by atomic mass is 10.1. The van der Waals surface area contributed by atoms with Gasteiger partial charge in [0.2, 0.25) is 0 Å². The highest BCUT2D eigenvalue weighted by atomic mass is 35.5. The third-order valence-corrected chi connectivity index (χ3v) is 3.08. The number of rotatable bonds is 3. The first kappa shape index (κ1) is 10.3. The Bertz CT molecular complexity index is 467. The van der Waals surface area contributed by atoms with Crippen LogP contribution in [0.2, 0.25) is 5.02 Å². The number of nitrogens with zero attached hydrogens (tertiary/aromatic N) is 1. The van der Waals surface area contributed by atoms with Gasteiger partial charge in [-0.1, -0.05) is 23.7 Å². The summed E-state index contributed by atoms with van der Waals surface area (Å²) in [5.41, 5.74) is 0.564. The zero-order valence-corrected chi connectivity index (χ0v) is 9.39. The Morgan fingerprint density at radius 3 is 2.87 bits per heavy atom. The quantitative estimate of drug-likeness (QED) is 0.768. The Morgan fingerprint density at radius 1 is 1.40 bits per heavy atom. The maximum atomic E-state index is 11.8. The summed E-state index contributed by atoms with van der Waals surface area (Å²) in [5.74, 6) is 0.00977. The minimum Gasteiger partial charge on any atom is -0.294 e. The molecule has 0 aliphatic heterocycles. The van der Waals surface area contributed by atoms with E-state index < -0.39 is 0 Å². The maximum Gasteiger partial charge on any atom is 0.171 e. The Kier molecular flexibility index (Phi) is 3.14. The zero-order valence-electron chi connectivity index (χ0n) is 7.81. The zero-order chi connectivity index (χ0) is 10.7. The van der Waals surface area contributed by atoms with Gasteiger partial charge in [-0.15, -0.1) is 11.3 Å². The topological polar surface area (TPSA) is 30.0 Å². The first-order chi connectivity index (χ1) is 7.27. The summed E-state index contributed by atoms with van der Waals surface area (Å²) in [7, 11) is 0. The molecule has 0 saturated carbocycles. The highest BCUT2D eigenvalue weighted by Crippen LogP contribution is 2.17. The molecule has 0 bridgehead atoms. The molecule has 0 amide bonds. The molecule has 0 unspecified atom stereocenters. The number of benzene rings is 1. The second-order valence-electron chi connectivity index (χ2n) is 3.01. The molecule has 2 rings (SSSR count). The van der Waals surface area contributed by atoms with Crippen molar-refractivity contribution in [2.45, 2.75) is 6.42 Å². The number of carbonyl (C=O) groups excluding carboxylic acids is 1. The van der Waals surface area contributed by atoms with Crippen molar-refractivity contribution >= 4 is 28.7 Å². The fourth-order valence-electron chi connectivity index (χ4n) is 1.26. The van der Waals surface area contributed by atoms with Gasteiger partial charge >= 0.3 is 0 Å². The molecule has 2 aromatic rings. The minimum atomic E-state index is 0.00977. The van der Waals surface area contributed by atoms with Crippen LogP contribution in [-0.2, 0) is 6.42 Å². The lowest BCUT2D eigenvalue weighted by molar-refractivity contribution is 0.0993. The fourth-order valence-corrected chi connectivity index (χ4v) is 2.12. The molecule has 1 heterocycles. The number of thiazole rings is 1. The van der Waals surface area contributed by atoms with Gasteiger partial charge in [0, 0.05) is 17.1 Å². The Hall–Kier alpha value is -1.19. The number of hydrogen-bond donors (Lipinski definition) is 0. The van der Waals surface area contributed by atoms with Crippen LogP contribution in [0.5, 0.6) is 0 Å². The van der Waals surface area contributed by atoms with Gasteiger partial charge in [-0.25, -0.2) is 4.98 Å². The van der Waals surface area contributed by atoms with Crippen molar-refractivity contribution in [3.63, 3.8) is 0 Å². The molecule has 0 radical (unpaired) electrons. The van der Waals surface area contributed by atoms with Crippen LogP contribution in [0.4, 0.5) is 0 Å². The summed E-state index contributed by atoms with van der Waals surface area (Å²) < 4.78 is 0. The normalized spacial score (nSPS) is 10.2. The Labute approximate surface area is 96.5 Å². The molecule has 0 aliphatic rings. The molecule has 0 N–H and O–H groups in total. The van der Waals surface area contributed by atoms with Crippen LogP contribution in [0.25, 0.3) is 0 Å². The molecule has 76 valence electrons. The summed E-state index contributed by atoms with van der Waals surface area (Å²) in [6, 6.07) is 7.07. The third-order valence-electron chi connectivity index (χ3n) is 1.97. The van der Waals surface area contributed by atoms with Gasteiger partial charge in [0.05, 0.1) is 11.4 Å². The van der Waals surface area contributed by atoms with Gasteiger partial charge in [-0.2, -0.15) is 0 Å². The van der Waals surface area contributed by atoms with Crippen molar-refractivity contribution in [1.29, 1.82) is 0 Å². The predicted molar refractivity (Wildman–Crippen MR) is 61.6 cm³/mol. The van der Waals surface area contributed by atoms with Gasteiger partial charge in [-0.05, 0) is 12.1 Å². The maximum absolute atomic E-state index is 11.8. The predicted octanol–water partition coefficient (Wildman–Crippen LogP) is 3.22. The standard InChI is InChI=1S/C11H8ClNOS/c12-9-4-2-1-3-8(9)10(14)7-11-13-5-6-15-11/h1-6H,7H2. The van der Waals surface area contributed by atoms with E-state index in [9.17, 15) is 4.79 Å². The van der Waals surface area contributed by atoms with Crippen molar-refractivity contribution in [2.24, 2.45) is 0 Å². The van der Waals surface area contributed by atoms with Crippen LogP contribution < -0.4 is 0 Å². The molecule has 0 spiro atoms. The average molecular weight is 238 g/mol. The van der Waals surface area contributed by atoms with Gasteiger partial charge in [0.1, 0.15) is 5.01 Å². The number of halogens is 1. The number of Topliss-reactive ketones (excluding diaryl/α,β-unsaturated/α-hetero) is 1. The minimum absolute atomic E-state index is 0.00977. The Morgan fingerprint density at radius 2 is 2.20 bits per heavy atom. The van der Waals surface area contributed by atoms with E-state index in [1.807, 2.05) is 11.4 Å². The van der Waals surface area contributed by atoms with E-state index in [2.05, 4.69) is 4.98 Å². The first-order valence-electron chi connectivity index (χ1n) is 4.43. The monoisotopic (exact) mass is 237 g/mol. The van der Waals surface area contributed by atoms with E-state index in [-0.39, 0.29) is 5.78 Å². The fraction of sp³-hybridized carbons (Fsp3) is 0.0909. The van der Waals surface area contributed by atoms with Crippen molar-refractivity contribution < 1.29 is 4.79 Å². The molecule has 1 aromatic carbocycles. The molecule has 0 fully saturated rings. The molecule has 2 nitrogen and oxygen atoms in total. The molecule has 4 heteroatoms. The molecular weight excluding hydrogens is 230 g/mol. The summed E-state index contributed by atoms with van der Waals surface area (Å²) in [4.78, 5) is 15.9. The lowest BCUT2D eigenvalue weighted by Crippen LogP contribution is -2.03. The number of aromatic nitrogens is 1. The van der Waals surface area contributed by atoms with Gasteiger partial charge in [-0.3, -0.25) is 4.79 Å². The van der Waals surface area contributed by atoms with E-state index >= 15 is 0 Å². The number of carbonyl (C=O) groups is 1. The number of hydrogen-bond acceptors (Lipinski definition) is 3. The van der Waals surface area contributed by atoms with Crippen LogP contribution in [-0.4, -0.2) is 10.8 Å². The van der Waals surface area contributed by atoms with E-state index in [0.29, 0.717) is 17.0 Å². The second-order valence-corrected chi connectivity index (χ2v) is 4.39. The van der Waals surface area contributed by atoms with Gasteiger partial charge in [0.15, 0.2) is 5.78 Å². The van der Waals surface area contributed by atoms with Crippen molar-refractivity contribution in [3.8, 4) is 0 Å². The van der Waals surface area contributed by atoms with Crippen LogP contribution in [0.3, 0.4) is 0 Å². The first-order valence-corrected chi connectivity index (χ1v) is 5.69. The van der Waals surface area contributed by atoms with Crippen molar-refractivity contribution in [3.05, 3.63) is 51.4 Å². The van der Waals surface area contributed by atoms with Crippen LogP contribution in [0, 0.1) is 0 Å². The SMILES string of the molecule is O=C(Cc1nccs1)c1ccccc1Cl. The molecule has 15 heavy (non-hydrogen) atoms. The smallest absolute Gasteiger partial charge is 0.171 e. The van der Waals surface area contributed by atoms with Crippen LogP contribution in [0.15, 0.2) is 35.8 Å². The van der Waals surface area contributed by atoms with Crippen molar-refractivity contribution in [1.82, 2.24) is 4.98 Å². The van der Waals surface area contributed by atoms with Gasteiger partial charge in [0.25, 0.3) is 0 Å². The molecule has 0 atom stereocenters. The molecular formula is C11H8ClNOS. The lowest BCUT2D eigenvalue weighted by Gasteiger charge is -2.00. The van der Waals surface area contributed by atoms with Crippen LogP contribution >= 0.6 is 22.9 Å². The Balaban J connectivity index is 2.19. The molecule has 1 aromatic heterocycles. The summed E-state index contributed by atoms with van der Waals surface area (Å²) in [6.07, 6.45) is 2.02. The van der Waals surface area contributed by atoms with E-state index in [1.54, 1.807) is 24.4 Å². The average Bonchev–Trinajstić information content (AvgIpc) is 2.71. The van der Waals surface area contributed by atoms with Crippen molar-refractivity contribution in [2.75, 3.05) is 0 Å². The van der Waals surface area contributed by atoms with E-state index in [0.717, 1.165) is 5.01 Å². The summed E-state index contributed by atoms with van der Waals surface area (Å²) >= 11 is 7.40. The van der Waals surface area contributed by atoms with E-state index in [4.69, 9.17) is 11.6 Å². The molecule has 0 saturated heterocycles. The van der Waals surface area contributed by atoms with E-state index in [1.165, 1.54) is 11.3 Å². The third kappa shape index (κ3) is 2.43. The summed E-state index contributed by atoms with van der Waals surface area (Å²) in [5, 5.41) is 3.17. The highest BCUT2D eigenvalue weighted by Gasteiger charge is 2.11.